The third-order valence-electron chi connectivity index (χ3n) is 5.89. The molecule has 0 bridgehead atoms. The molecular weight excluding hydrogens is 463 g/mol. The van der Waals surface area contributed by atoms with Gasteiger partial charge in [-0.3, -0.25) is 0 Å². The van der Waals surface area contributed by atoms with Gasteiger partial charge < -0.3 is 15.4 Å². The SMILES string of the molecule is C.CC(C)=O.[B]C(=C)NCC(=C)CC(c1ccccc1)(c1ccc(C2CN2)cc1)c1ccccc1Cl. The van der Waals surface area contributed by atoms with Crippen molar-refractivity contribution in [3.05, 3.63) is 130 Å². The van der Waals surface area contributed by atoms with Crippen LogP contribution in [0.3, 0.4) is 0 Å². The average molecular weight is 499 g/mol. The van der Waals surface area contributed by atoms with Gasteiger partial charge in [-0.1, -0.05) is 111 Å². The van der Waals surface area contributed by atoms with Gasteiger partial charge in [-0.05, 0) is 54.2 Å². The molecule has 36 heavy (non-hydrogen) atoms. The van der Waals surface area contributed by atoms with Crippen LogP contribution in [-0.4, -0.2) is 26.7 Å². The molecule has 1 saturated heterocycles. The van der Waals surface area contributed by atoms with Crippen LogP contribution in [0.5, 0.6) is 0 Å². The average Bonchev–Trinajstić information content (AvgIpc) is 3.68. The summed E-state index contributed by atoms with van der Waals surface area (Å²) in [6.07, 6.45) is 0.683. The van der Waals surface area contributed by atoms with Crippen LogP contribution in [0.1, 0.15) is 56.0 Å². The third-order valence-corrected chi connectivity index (χ3v) is 6.22. The first-order valence-electron chi connectivity index (χ1n) is 11.7. The molecule has 4 rings (SSSR count). The molecule has 1 aliphatic heterocycles. The van der Waals surface area contributed by atoms with E-state index in [1.807, 2.05) is 24.3 Å². The van der Waals surface area contributed by atoms with Crippen molar-refractivity contribution in [3.8, 4) is 0 Å². The fourth-order valence-electron chi connectivity index (χ4n) is 4.28. The van der Waals surface area contributed by atoms with Crippen LogP contribution in [0.4, 0.5) is 0 Å². The van der Waals surface area contributed by atoms with E-state index in [1.54, 1.807) is 0 Å². The number of rotatable bonds is 9. The number of Topliss-reactive ketones (excluding diaryl/α,β-unsaturated/α-hetero) is 1. The van der Waals surface area contributed by atoms with Crippen molar-refractivity contribution in [3.63, 3.8) is 0 Å². The molecule has 0 aliphatic carbocycles. The highest BCUT2D eigenvalue weighted by atomic mass is 35.5. The predicted molar refractivity (Wildman–Crippen MR) is 155 cm³/mol. The molecule has 3 nitrogen and oxygen atoms in total. The van der Waals surface area contributed by atoms with Gasteiger partial charge in [-0.2, -0.15) is 0 Å². The Hall–Kier alpha value is -3.08. The lowest BCUT2D eigenvalue weighted by atomic mass is 9.66. The molecule has 0 spiro atoms. The van der Waals surface area contributed by atoms with Gasteiger partial charge in [-0.15, -0.1) is 0 Å². The van der Waals surface area contributed by atoms with E-state index in [4.69, 9.17) is 19.4 Å². The van der Waals surface area contributed by atoms with Crippen LogP contribution in [0, 0.1) is 0 Å². The Kier molecular flexibility index (Phi) is 10.8. The van der Waals surface area contributed by atoms with E-state index in [0.29, 0.717) is 24.6 Å². The van der Waals surface area contributed by atoms with E-state index in [2.05, 4.69) is 78.4 Å². The number of carbonyl (C=O) groups is 1. The fraction of sp³-hybridized carbons (Fsp3) is 0.258. The zero-order valence-electron chi connectivity index (χ0n) is 20.5. The van der Waals surface area contributed by atoms with Gasteiger partial charge in [0.05, 0.1) is 5.41 Å². The van der Waals surface area contributed by atoms with Crippen molar-refractivity contribution in [2.24, 2.45) is 0 Å². The molecule has 1 fully saturated rings. The summed E-state index contributed by atoms with van der Waals surface area (Å²) >= 11 is 6.82. The minimum atomic E-state index is -0.482. The van der Waals surface area contributed by atoms with E-state index in [-0.39, 0.29) is 13.2 Å². The Labute approximate surface area is 223 Å². The number of nitrogens with one attached hydrogen (secondary N) is 2. The molecule has 1 heterocycles. The Morgan fingerprint density at radius 2 is 1.53 bits per heavy atom. The van der Waals surface area contributed by atoms with Gasteiger partial charge in [-0.25, -0.2) is 0 Å². The lowest BCUT2D eigenvalue weighted by Gasteiger charge is -2.37. The number of carbonyl (C=O) groups excluding carboxylic acids is 1. The number of ketones is 1. The monoisotopic (exact) mass is 498 g/mol. The van der Waals surface area contributed by atoms with Gasteiger partial charge in [0.1, 0.15) is 13.6 Å². The van der Waals surface area contributed by atoms with E-state index < -0.39 is 5.41 Å². The zero-order chi connectivity index (χ0) is 25.4. The molecular formula is C31H36BClN2O. The zero-order valence-corrected chi connectivity index (χ0v) is 21.2. The number of hydrogen-bond donors (Lipinski definition) is 2. The van der Waals surface area contributed by atoms with Crippen molar-refractivity contribution in [2.75, 3.05) is 13.1 Å². The molecule has 0 aromatic heterocycles. The van der Waals surface area contributed by atoms with Crippen LogP contribution in [0.2, 0.25) is 5.02 Å². The second-order valence-corrected chi connectivity index (χ2v) is 9.46. The van der Waals surface area contributed by atoms with Gasteiger partial charge in [0, 0.05) is 24.2 Å². The summed E-state index contributed by atoms with van der Waals surface area (Å²) in [6, 6.07) is 28.0. The van der Waals surface area contributed by atoms with E-state index in [9.17, 15) is 4.79 Å². The summed E-state index contributed by atoms with van der Waals surface area (Å²) < 4.78 is 0. The Morgan fingerprint density at radius 3 is 2.06 bits per heavy atom. The molecule has 5 heteroatoms. The van der Waals surface area contributed by atoms with Crippen LogP contribution in [0.15, 0.2) is 103 Å². The summed E-state index contributed by atoms with van der Waals surface area (Å²) in [6.45, 7) is 12.8. The van der Waals surface area contributed by atoms with Crippen LogP contribution in [0.25, 0.3) is 0 Å². The standard InChI is InChI=1S/C27H26BClN2.C3H6O.CH4/c1-19(17-30-20(2)28)16-27(22-8-4-3-5-9-22,24-10-6-7-11-25(24)29)23-14-12-21(13-15-23)26-18-31-26;1-3(2)4;/h3-15,26,30-31H,1-2,16-18H2;1-2H3;1H4. The maximum Gasteiger partial charge on any atom is 0.137 e. The Bertz CT molecular complexity index is 1170. The molecule has 2 unspecified atom stereocenters. The minimum Gasteiger partial charge on any atom is -0.394 e. The number of halogens is 1. The number of benzene rings is 3. The van der Waals surface area contributed by atoms with Gasteiger partial charge >= 0.3 is 0 Å². The first-order chi connectivity index (χ1) is 16.7. The molecule has 2 radical (unpaired) electrons. The van der Waals surface area contributed by atoms with Crippen molar-refractivity contribution < 1.29 is 4.79 Å². The Morgan fingerprint density at radius 1 is 1.00 bits per heavy atom. The van der Waals surface area contributed by atoms with Crippen LogP contribution < -0.4 is 10.6 Å². The van der Waals surface area contributed by atoms with Crippen molar-refractivity contribution in [1.82, 2.24) is 10.6 Å². The van der Waals surface area contributed by atoms with Crippen molar-refractivity contribution in [2.45, 2.75) is 39.2 Å². The lowest BCUT2D eigenvalue weighted by molar-refractivity contribution is -0.114. The van der Waals surface area contributed by atoms with Gasteiger partial charge in [0.15, 0.2) is 0 Å². The smallest absolute Gasteiger partial charge is 0.137 e. The largest absolute Gasteiger partial charge is 0.394 e. The summed E-state index contributed by atoms with van der Waals surface area (Å²) in [4.78, 5) is 9.44. The molecule has 3 aromatic rings. The van der Waals surface area contributed by atoms with E-state index >= 15 is 0 Å². The second-order valence-electron chi connectivity index (χ2n) is 9.05. The van der Waals surface area contributed by atoms with Crippen molar-refractivity contribution >= 4 is 25.2 Å². The second kappa shape index (κ2) is 13.3. The molecule has 0 saturated carbocycles. The van der Waals surface area contributed by atoms with Gasteiger partial charge in [0.2, 0.25) is 0 Å². The lowest BCUT2D eigenvalue weighted by Crippen LogP contribution is -2.32. The van der Waals surface area contributed by atoms with Crippen LogP contribution in [-0.2, 0) is 10.2 Å². The molecule has 0 amide bonds. The molecule has 1 aliphatic rings. The number of hydrogen-bond acceptors (Lipinski definition) is 3. The summed E-state index contributed by atoms with van der Waals surface area (Å²) in [5.41, 5.74) is 5.70. The maximum absolute atomic E-state index is 9.44. The Balaban J connectivity index is 0.000000850. The highest BCUT2D eigenvalue weighted by Crippen LogP contribution is 2.46. The quantitative estimate of drug-likeness (QED) is 0.149. The highest BCUT2D eigenvalue weighted by Gasteiger charge is 2.38. The third kappa shape index (κ3) is 7.46. The fourth-order valence-corrected chi connectivity index (χ4v) is 4.57. The predicted octanol–water partition coefficient (Wildman–Crippen LogP) is 6.73. The minimum absolute atomic E-state index is 0. The van der Waals surface area contributed by atoms with E-state index in [0.717, 1.165) is 22.7 Å². The molecule has 3 aromatic carbocycles. The van der Waals surface area contributed by atoms with E-state index in [1.165, 1.54) is 30.5 Å². The highest BCUT2D eigenvalue weighted by molar-refractivity contribution is 6.31. The molecule has 2 atom stereocenters. The summed E-state index contributed by atoms with van der Waals surface area (Å²) in [5, 5.41) is 7.23. The topological polar surface area (TPSA) is 51.0 Å². The first kappa shape index (κ1) is 29.2. The summed E-state index contributed by atoms with van der Waals surface area (Å²) in [7, 11) is 5.74. The first-order valence-corrected chi connectivity index (χ1v) is 12.1. The van der Waals surface area contributed by atoms with Crippen LogP contribution >= 0.6 is 11.6 Å². The summed E-state index contributed by atoms with van der Waals surface area (Å²) in [5.74, 6) is 0.167. The maximum atomic E-state index is 9.44. The van der Waals surface area contributed by atoms with Gasteiger partial charge in [0.25, 0.3) is 0 Å². The molecule has 186 valence electrons. The van der Waals surface area contributed by atoms with Crippen molar-refractivity contribution in [1.29, 1.82) is 0 Å². The molecule has 2 N–H and O–H groups in total. The normalized spacial score (nSPS) is 15.2.